The van der Waals surface area contributed by atoms with Gasteiger partial charge in [-0.1, -0.05) is 34.6 Å². The highest BCUT2D eigenvalue weighted by Crippen LogP contribution is 2.25. The lowest BCUT2D eigenvalue weighted by atomic mass is 9.86. The van der Waals surface area contributed by atoms with E-state index in [2.05, 4.69) is 49.6 Å². The van der Waals surface area contributed by atoms with Crippen LogP contribution in [0.5, 0.6) is 0 Å². The lowest BCUT2D eigenvalue weighted by Crippen LogP contribution is -2.25. The van der Waals surface area contributed by atoms with E-state index in [1.165, 1.54) is 0 Å². The molecular weight excluding hydrogens is 260 g/mol. The number of nitrogens with zero attached hydrogens (tertiary/aromatic N) is 4. The van der Waals surface area contributed by atoms with E-state index in [1.54, 1.807) is 0 Å². The molecule has 0 amide bonds. The molecule has 0 aliphatic carbocycles. The van der Waals surface area contributed by atoms with Gasteiger partial charge in [-0.05, 0) is 18.6 Å². The zero-order chi connectivity index (χ0) is 15.7. The van der Waals surface area contributed by atoms with Gasteiger partial charge >= 0.3 is 0 Å². The Morgan fingerprint density at radius 3 is 2.10 bits per heavy atom. The SMILES string of the molecule is Cc1cnc(C(C)(C)Cc2ccnc(C(C)(C)C)n2)nc1. The quantitative estimate of drug-likeness (QED) is 0.867. The van der Waals surface area contributed by atoms with Gasteiger partial charge in [-0.25, -0.2) is 19.9 Å². The summed E-state index contributed by atoms with van der Waals surface area (Å²) in [5.41, 5.74) is 1.91. The van der Waals surface area contributed by atoms with Gasteiger partial charge in [-0.3, -0.25) is 0 Å². The summed E-state index contributed by atoms with van der Waals surface area (Å²) < 4.78 is 0. The molecule has 0 unspecified atom stereocenters. The lowest BCUT2D eigenvalue weighted by Gasteiger charge is -2.23. The van der Waals surface area contributed by atoms with Gasteiger partial charge in [-0.15, -0.1) is 0 Å². The zero-order valence-electron chi connectivity index (χ0n) is 13.8. The van der Waals surface area contributed by atoms with Crippen LogP contribution in [-0.4, -0.2) is 19.9 Å². The summed E-state index contributed by atoms with van der Waals surface area (Å²) in [5.74, 6) is 1.73. The van der Waals surface area contributed by atoms with Gasteiger partial charge in [0.05, 0.1) is 0 Å². The molecule has 0 aliphatic rings. The molecule has 2 heterocycles. The molecule has 2 aromatic rings. The summed E-state index contributed by atoms with van der Waals surface area (Å²) in [4.78, 5) is 18.0. The maximum Gasteiger partial charge on any atom is 0.134 e. The minimum Gasteiger partial charge on any atom is -0.241 e. The van der Waals surface area contributed by atoms with E-state index in [-0.39, 0.29) is 10.8 Å². The Labute approximate surface area is 127 Å². The van der Waals surface area contributed by atoms with Crippen molar-refractivity contribution in [3.63, 3.8) is 0 Å². The summed E-state index contributed by atoms with van der Waals surface area (Å²) in [6.45, 7) is 12.7. The molecule has 0 bridgehead atoms. The lowest BCUT2D eigenvalue weighted by molar-refractivity contribution is 0.472. The summed E-state index contributed by atoms with van der Waals surface area (Å²) in [5, 5.41) is 0. The smallest absolute Gasteiger partial charge is 0.134 e. The first-order chi connectivity index (χ1) is 9.68. The van der Waals surface area contributed by atoms with Gasteiger partial charge in [0, 0.05) is 41.5 Å². The Hall–Kier alpha value is -1.84. The molecule has 4 heteroatoms. The Bertz CT molecular complexity index is 609. The molecule has 0 saturated heterocycles. The van der Waals surface area contributed by atoms with Crippen LogP contribution >= 0.6 is 0 Å². The average molecular weight is 284 g/mol. The number of aromatic nitrogens is 4. The molecule has 2 rings (SSSR count). The second kappa shape index (κ2) is 5.51. The van der Waals surface area contributed by atoms with Crippen molar-refractivity contribution in [3.05, 3.63) is 47.6 Å². The molecule has 2 aromatic heterocycles. The average Bonchev–Trinajstić information content (AvgIpc) is 2.38. The van der Waals surface area contributed by atoms with Gasteiger partial charge in [0.1, 0.15) is 11.6 Å². The fourth-order valence-corrected chi connectivity index (χ4v) is 2.13. The van der Waals surface area contributed by atoms with Crippen LogP contribution in [0.4, 0.5) is 0 Å². The molecule has 0 aliphatic heterocycles. The van der Waals surface area contributed by atoms with Gasteiger partial charge in [0.2, 0.25) is 0 Å². The molecule has 21 heavy (non-hydrogen) atoms. The first-order valence-corrected chi connectivity index (χ1v) is 7.30. The van der Waals surface area contributed by atoms with Gasteiger partial charge in [-0.2, -0.15) is 0 Å². The van der Waals surface area contributed by atoms with E-state index in [9.17, 15) is 0 Å². The maximum atomic E-state index is 4.71. The number of aryl methyl sites for hydroxylation is 1. The van der Waals surface area contributed by atoms with Crippen LogP contribution in [0, 0.1) is 6.92 Å². The molecular formula is C17H24N4. The van der Waals surface area contributed by atoms with Crippen molar-refractivity contribution in [1.29, 1.82) is 0 Å². The van der Waals surface area contributed by atoms with E-state index in [0.29, 0.717) is 0 Å². The second-order valence-corrected chi connectivity index (χ2v) is 7.27. The first-order valence-electron chi connectivity index (χ1n) is 7.30. The van der Waals surface area contributed by atoms with Gasteiger partial charge in [0.15, 0.2) is 0 Å². The van der Waals surface area contributed by atoms with Crippen molar-refractivity contribution in [2.45, 2.75) is 58.8 Å². The van der Waals surface area contributed by atoms with Crippen LogP contribution in [0.15, 0.2) is 24.7 Å². The minimum atomic E-state index is -0.156. The van der Waals surface area contributed by atoms with Crippen molar-refractivity contribution >= 4 is 0 Å². The monoisotopic (exact) mass is 284 g/mol. The van der Waals surface area contributed by atoms with Crippen molar-refractivity contribution in [2.24, 2.45) is 0 Å². The zero-order valence-corrected chi connectivity index (χ0v) is 13.8. The number of rotatable bonds is 3. The first kappa shape index (κ1) is 15.5. The fourth-order valence-electron chi connectivity index (χ4n) is 2.13. The van der Waals surface area contributed by atoms with Crippen molar-refractivity contribution < 1.29 is 0 Å². The van der Waals surface area contributed by atoms with Crippen molar-refractivity contribution in [3.8, 4) is 0 Å². The van der Waals surface area contributed by atoms with Crippen LogP contribution in [0.1, 0.15) is 57.5 Å². The van der Waals surface area contributed by atoms with E-state index in [0.717, 1.165) is 29.3 Å². The van der Waals surface area contributed by atoms with Crippen molar-refractivity contribution in [2.75, 3.05) is 0 Å². The largest absolute Gasteiger partial charge is 0.241 e. The van der Waals surface area contributed by atoms with Crippen LogP contribution in [0.25, 0.3) is 0 Å². The standard InChI is InChI=1S/C17H24N4/c1-12-10-19-15(20-11-12)17(5,6)9-13-7-8-18-14(21-13)16(2,3)4/h7-8,10-11H,9H2,1-6H3. The van der Waals surface area contributed by atoms with Crippen LogP contribution in [0.3, 0.4) is 0 Å². The highest BCUT2D eigenvalue weighted by Gasteiger charge is 2.26. The van der Waals surface area contributed by atoms with Gasteiger partial charge in [0.25, 0.3) is 0 Å². The normalized spacial score (nSPS) is 12.5. The Morgan fingerprint density at radius 2 is 1.52 bits per heavy atom. The Balaban J connectivity index is 2.26. The van der Waals surface area contributed by atoms with Crippen LogP contribution < -0.4 is 0 Å². The maximum absolute atomic E-state index is 4.71. The van der Waals surface area contributed by atoms with Crippen LogP contribution in [0.2, 0.25) is 0 Å². The van der Waals surface area contributed by atoms with E-state index >= 15 is 0 Å². The molecule has 0 fully saturated rings. The Kier molecular flexibility index (Phi) is 4.08. The van der Waals surface area contributed by atoms with E-state index in [4.69, 9.17) is 4.98 Å². The van der Waals surface area contributed by atoms with Gasteiger partial charge < -0.3 is 0 Å². The summed E-state index contributed by atoms with van der Waals surface area (Å²) in [6.07, 6.45) is 6.37. The third-order valence-corrected chi connectivity index (χ3v) is 3.39. The predicted molar refractivity (Wildman–Crippen MR) is 84.2 cm³/mol. The minimum absolute atomic E-state index is 0.0412. The molecule has 0 spiro atoms. The predicted octanol–water partition coefficient (Wildman–Crippen LogP) is 3.39. The third-order valence-electron chi connectivity index (χ3n) is 3.39. The highest BCUT2D eigenvalue weighted by atomic mass is 14.9. The van der Waals surface area contributed by atoms with Crippen molar-refractivity contribution in [1.82, 2.24) is 19.9 Å². The van der Waals surface area contributed by atoms with Crippen LogP contribution in [-0.2, 0) is 17.3 Å². The summed E-state index contributed by atoms with van der Waals surface area (Å²) in [6, 6.07) is 1.98. The third kappa shape index (κ3) is 3.84. The second-order valence-electron chi connectivity index (χ2n) is 7.27. The number of hydrogen-bond donors (Lipinski definition) is 0. The molecule has 0 N–H and O–H groups in total. The molecule has 4 nitrogen and oxygen atoms in total. The van der Waals surface area contributed by atoms with E-state index in [1.807, 2.05) is 31.6 Å². The molecule has 0 atom stereocenters. The molecule has 0 saturated carbocycles. The topological polar surface area (TPSA) is 51.6 Å². The molecule has 112 valence electrons. The van der Waals surface area contributed by atoms with E-state index < -0.39 is 0 Å². The fraction of sp³-hybridized carbons (Fsp3) is 0.529. The summed E-state index contributed by atoms with van der Waals surface area (Å²) >= 11 is 0. The molecule has 0 aromatic carbocycles. The Morgan fingerprint density at radius 1 is 0.905 bits per heavy atom. The summed E-state index contributed by atoms with van der Waals surface area (Å²) in [7, 11) is 0. The number of hydrogen-bond acceptors (Lipinski definition) is 4. The highest BCUT2D eigenvalue weighted by molar-refractivity contribution is 5.16. The molecule has 0 radical (unpaired) electrons.